The van der Waals surface area contributed by atoms with Crippen molar-refractivity contribution in [1.29, 1.82) is 0 Å². The summed E-state index contributed by atoms with van der Waals surface area (Å²) in [7, 11) is 1.95. The lowest BCUT2D eigenvalue weighted by Gasteiger charge is -2.41. The topological polar surface area (TPSA) is 70.5 Å². The van der Waals surface area contributed by atoms with E-state index in [4.69, 9.17) is 0 Å². The Bertz CT molecular complexity index is 1080. The van der Waals surface area contributed by atoms with Gasteiger partial charge in [-0.15, -0.1) is 5.92 Å². The number of carbonyl (C=O) groups is 2. The van der Waals surface area contributed by atoms with Crippen LogP contribution in [0.5, 0.6) is 0 Å². The van der Waals surface area contributed by atoms with Crippen LogP contribution in [0.4, 0.5) is 4.79 Å². The first kappa shape index (κ1) is 24.0. The van der Waals surface area contributed by atoms with Crippen molar-refractivity contribution < 1.29 is 9.59 Å². The number of aromatic nitrogens is 2. The highest BCUT2D eigenvalue weighted by molar-refractivity contribution is 6.07. The van der Waals surface area contributed by atoms with Gasteiger partial charge in [0.05, 0.1) is 12.2 Å². The largest absolute Gasteiger partial charge is 0.325 e. The average molecular weight is 462 g/mol. The van der Waals surface area contributed by atoms with Gasteiger partial charge >= 0.3 is 6.03 Å². The Kier molecular flexibility index (Phi) is 7.38. The van der Waals surface area contributed by atoms with E-state index in [-0.39, 0.29) is 24.4 Å². The second-order valence-corrected chi connectivity index (χ2v) is 9.52. The number of hydrogen-bond donors (Lipinski definition) is 1. The number of urea groups is 1. The zero-order valence-corrected chi connectivity index (χ0v) is 20.5. The molecular formula is C27H35N5O2. The van der Waals surface area contributed by atoms with Gasteiger partial charge in [-0.1, -0.05) is 36.3 Å². The summed E-state index contributed by atoms with van der Waals surface area (Å²) in [5.41, 5.74) is 2.73. The fraction of sp³-hybridized carbons (Fsp3) is 0.519. The van der Waals surface area contributed by atoms with Crippen molar-refractivity contribution in [3.63, 3.8) is 0 Å². The van der Waals surface area contributed by atoms with Gasteiger partial charge in [0, 0.05) is 25.4 Å². The second kappa shape index (κ2) is 10.4. The molecule has 0 unspecified atom stereocenters. The molecule has 7 heteroatoms. The van der Waals surface area contributed by atoms with Crippen molar-refractivity contribution in [2.75, 3.05) is 19.6 Å². The van der Waals surface area contributed by atoms with E-state index >= 15 is 0 Å². The number of rotatable bonds is 8. The van der Waals surface area contributed by atoms with E-state index in [1.165, 1.54) is 16.0 Å². The number of carbonyl (C=O) groups excluding carboxylic acids is 2. The van der Waals surface area contributed by atoms with E-state index in [0.29, 0.717) is 6.42 Å². The van der Waals surface area contributed by atoms with Crippen molar-refractivity contribution in [2.45, 2.75) is 58.0 Å². The molecule has 34 heavy (non-hydrogen) atoms. The fourth-order valence-electron chi connectivity index (χ4n) is 5.44. The zero-order valence-electron chi connectivity index (χ0n) is 20.5. The van der Waals surface area contributed by atoms with Gasteiger partial charge in [-0.05, 0) is 70.5 Å². The molecule has 2 fully saturated rings. The molecule has 4 rings (SSSR count). The fourth-order valence-corrected chi connectivity index (χ4v) is 5.44. The molecule has 1 aromatic carbocycles. The van der Waals surface area contributed by atoms with Gasteiger partial charge in [0.15, 0.2) is 0 Å². The van der Waals surface area contributed by atoms with Gasteiger partial charge in [-0.3, -0.25) is 19.3 Å². The van der Waals surface area contributed by atoms with Crippen LogP contribution in [0.3, 0.4) is 0 Å². The van der Waals surface area contributed by atoms with Gasteiger partial charge in [0.2, 0.25) is 0 Å². The van der Waals surface area contributed by atoms with E-state index in [1.807, 2.05) is 36.9 Å². The number of imide groups is 1. The quantitative estimate of drug-likeness (QED) is 0.484. The maximum absolute atomic E-state index is 13.7. The molecule has 1 N–H and O–H groups in total. The maximum atomic E-state index is 13.7. The molecule has 0 spiro atoms. The number of aryl methyl sites for hydroxylation is 3. The highest BCUT2D eigenvalue weighted by Gasteiger charge is 2.55. The molecule has 2 aromatic rings. The van der Waals surface area contributed by atoms with Crippen molar-refractivity contribution in [3.05, 3.63) is 53.3 Å². The summed E-state index contributed by atoms with van der Waals surface area (Å²) in [5, 5.41) is 7.60. The Morgan fingerprint density at radius 2 is 1.91 bits per heavy atom. The molecule has 1 atom stereocenters. The number of benzene rings is 1. The van der Waals surface area contributed by atoms with Crippen LogP contribution in [0, 0.1) is 24.7 Å². The molecule has 1 aromatic heterocycles. The lowest BCUT2D eigenvalue weighted by Crippen LogP contribution is -2.56. The minimum atomic E-state index is -0.836. The van der Waals surface area contributed by atoms with Crippen LogP contribution in [0.2, 0.25) is 0 Å². The minimum absolute atomic E-state index is 0.102. The van der Waals surface area contributed by atoms with E-state index in [9.17, 15) is 9.59 Å². The van der Waals surface area contributed by atoms with Crippen molar-refractivity contribution in [3.8, 4) is 11.8 Å². The highest BCUT2D eigenvalue weighted by Crippen LogP contribution is 2.37. The predicted molar refractivity (Wildman–Crippen MR) is 132 cm³/mol. The van der Waals surface area contributed by atoms with E-state index in [1.54, 1.807) is 6.92 Å². The molecule has 2 saturated heterocycles. The molecule has 0 bridgehead atoms. The molecule has 0 radical (unpaired) electrons. The number of piperidine rings is 1. The first-order valence-electron chi connectivity index (χ1n) is 12.2. The Morgan fingerprint density at radius 3 is 2.56 bits per heavy atom. The summed E-state index contributed by atoms with van der Waals surface area (Å²) in [4.78, 5) is 30.2. The first-order valence-corrected chi connectivity index (χ1v) is 12.2. The number of nitrogens with one attached hydrogen (secondary N) is 1. The summed E-state index contributed by atoms with van der Waals surface area (Å²) in [6, 6.07) is 10.0. The monoisotopic (exact) mass is 461 g/mol. The van der Waals surface area contributed by atoms with Crippen molar-refractivity contribution in [1.82, 2.24) is 24.9 Å². The van der Waals surface area contributed by atoms with E-state index in [2.05, 4.69) is 45.5 Å². The molecule has 2 aliphatic rings. The smallest absolute Gasteiger partial charge is 0.323 e. The molecule has 0 saturated carbocycles. The SMILES string of the molecule is CC#CCN1C(=O)N[C@@](CCCc2ccccc2)(C2CCN(Cc3cn(C)nc3C)CC2)C1=O. The number of hydrogen-bond acceptors (Lipinski definition) is 4. The van der Waals surface area contributed by atoms with Gasteiger partial charge in [0.25, 0.3) is 5.91 Å². The number of amides is 3. The lowest BCUT2D eigenvalue weighted by molar-refractivity contribution is -0.134. The molecule has 3 heterocycles. The van der Waals surface area contributed by atoms with E-state index in [0.717, 1.165) is 51.0 Å². The standard InChI is InChI=1S/C27H35N5O2/c1-4-5-16-32-25(33)27(28-26(32)34,15-9-12-22-10-7-6-8-11-22)24-13-17-31(18-14-24)20-23-19-30(3)29-21(23)2/h6-8,10-11,19,24H,9,12-18,20H2,1-3H3,(H,28,34)/t27-/m0/s1. The van der Waals surface area contributed by atoms with Crippen LogP contribution < -0.4 is 5.32 Å². The summed E-state index contributed by atoms with van der Waals surface area (Å²) >= 11 is 0. The third kappa shape index (κ3) is 5.02. The highest BCUT2D eigenvalue weighted by atomic mass is 16.2. The Hall–Kier alpha value is -3.11. The predicted octanol–water partition coefficient (Wildman–Crippen LogP) is 3.28. The first-order chi connectivity index (χ1) is 16.4. The minimum Gasteiger partial charge on any atom is -0.323 e. The van der Waals surface area contributed by atoms with Crippen LogP contribution in [0.1, 0.15) is 49.4 Å². The van der Waals surface area contributed by atoms with Gasteiger partial charge in [-0.2, -0.15) is 5.10 Å². The van der Waals surface area contributed by atoms with Crippen LogP contribution >= 0.6 is 0 Å². The van der Waals surface area contributed by atoms with Gasteiger partial charge < -0.3 is 5.32 Å². The summed E-state index contributed by atoms with van der Waals surface area (Å²) in [6.45, 7) is 6.59. The summed E-state index contributed by atoms with van der Waals surface area (Å²) < 4.78 is 1.86. The Labute approximate surface area is 202 Å². The third-order valence-corrected chi connectivity index (χ3v) is 7.29. The zero-order chi connectivity index (χ0) is 24.1. The Balaban J connectivity index is 1.46. The van der Waals surface area contributed by atoms with Crippen molar-refractivity contribution in [2.24, 2.45) is 13.0 Å². The van der Waals surface area contributed by atoms with Crippen LogP contribution in [0.25, 0.3) is 0 Å². The van der Waals surface area contributed by atoms with Crippen molar-refractivity contribution >= 4 is 11.9 Å². The van der Waals surface area contributed by atoms with Crippen LogP contribution in [-0.4, -0.2) is 56.7 Å². The molecule has 0 aliphatic carbocycles. The van der Waals surface area contributed by atoms with Crippen LogP contribution in [-0.2, 0) is 24.8 Å². The number of nitrogens with zero attached hydrogens (tertiary/aromatic N) is 4. The molecule has 3 amide bonds. The lowest BCUT2D eigenvalue weighted by atomic mass is 9.74. The third-order valence-electron chi connectivity index (χ3n) is 7.29. The molecule has 180 valence electrons. The average Bonchev–Trinajstić information content (AvgIpc) is 3.28. The molecule has 2 aliphatic heterocycles. The Morgan fingerprint density at radius 1 is 1.18 bits per heavy atom. The number of likely N-dealkylation sites (tertiary alicyclic amines) is 1. The maximum Gasteiger partial charge on any atom is 0.325 e. The summed E-state index contributed by atoms with van der Waals surface area (Å²) in [6.07, 6.45) is 6.22. The molecule has 7 nitrogen and oxygen atoms in total. The van der Waals surface area contributed by atoms with Gasteiger partial charge in [0.1, 0.15) is 5.54 Å². The van der Waals surface area contributed by atoms with Crippen LogP contribution in [0.15, 0.2) is 36.5 Å². The normalized spacial score (nSPS) is 21.4. The second-order valence-electron chi connectivity index (χ2n) is 9.52. The van der Waals surface area contributed by atoms with E-state index < -0.39 is 5.54 Å². The molecular weight excluding hydrogens is 426 g/mol. The van der Waals surface area contributed by atoms with Gasteiger partial charge in [-0.25, -0.2) is 4.79 Å². The summed E-state index contributed by atoms with van der Waals surface area (Å²) in [5.74, 6) is 5.71.